The van der Waals surface area contributed by atoms with E-state index in [1.54, 1.807) is 0 Å². The van der Waals surface area contributed by atoms with Crippen molar-refractivity contribution in [3.8, 4) is 0 Å². The molecule has 1 aliphatic carbocycles. The van der Waals surface area contributed by atoms with Crippen molar-refractivity contribution in [3.05, 3.63) is 12.4 Å². The maximum Gasteiger partial charge on any atom is 0.0725 e. The average molecular weight is 207 g/mol. The smallest absolute Gasteiger partial charge is 0.0725 e. The summed E-state index contributed by atoms with van der Waals surface area (Å²) in [5, 5.41) is 10.3. The number of nitrogens with zero attached hydrogens (tertiary/aromatic N) is 1. The Bertz CT molecular complexity index is 303. The van der Waals surface area contributed by atoms with Gasteiger partial charge in [0.15, 0.2) is 0 Å². The third kappa shape index (κ3) is 2.74. The Kier molecular flexibility index (Phi) is 2.72. The lowest BCUT2D eigenvalue weighted by Gasteiger charge is -2.39. The molecule has 3 nitrogen and oxygen atoms in total. The summed E-state index contributed by atoms with van der Waals surface area (Å²) in [5.41, 5.74) is 1.59. The van der Waals surface area contributed by atoms with E-state index in [-0.39, 0.29) is 0 Å². The summed E-state index contributed by atoms with van der Waals surface area (Å²) < 4.78 is 0. The summed E-state index contributed by atoms with van der Waals surface area (Å²) in [6.45, 7) is 7.09. The normalized spacial score (nSPS) is 30.1. The largest absolute Gasteiger partial charge is 0.380 e. The van der Waals surface area contributed by atoms with Gasteiger partial charge in [0.1, 0.15) is 0 Å². The first-order chi connectivity index (χ1) is 7.05. The molecule has 2 rings (SSSR count). The standard InChI is InChI=1S/C12H21N3/c1-9-4-10(6-12(2,3)5-9)15-11-7-13-14-8-11/h7-10,15H,4-6H2,1-3H3,(H,13,14). The molecule has 0 radical (unpaired) electrons. The minimum atomic E-state index is 0.471. The van der Waals surface area contributed by atoms with Gasteiger partial charge in [-0.3, -0.25) is 5.10 Å². The van der Waals surface area contributed by atoms with Crippen LogP contribution in [0.25, 0.3) is 0 Å². The molecule has 1 fully saturated rings. The lowest BCUT2D eigenvalue weighted by atomic mass is 9.70. The summed E-state index contributed by atoms with van der Waals surface area (Å²) in [6.07, 6.45) is 7.65. The van der Waals surface area contributed by atoms with Crippen LogP contribution in [0.4, 0.5) is 5.69 Å². The van der Waals surface area contributed by atoms with Crippen LogP contribution in [-0.4, -0.2) is 16.2 Å². The Labute approximate surface area is 91.7 Å². The fourth-order valence-corrected chi connectivity index (χ4v) is 3.02. The molecule has 2 unspecified atom stereocenters. The number of aromatic nitrogens is 2. The lowest BCUT2D eigenvalue weighted by molar-refractivity contribution is 0.178. The molecule has 0 saturated heterocycles. The molecule has 2 atom stereocenters. The van der Waals surface area contributed by atoms with Gasteiger partial charge in [-0.15, -0.1) is 0 Å². The molecule has 2 N–H and O–H groups in total. The first-order valence-electron chi connectivity index (χ1n) is 5.80. The molecule has 1 aromatic heterocycles. The molecule has 84 valence electrons. The molecule has 0 spiro atoms. The SMILES string of the molecule is CC1CC(Nc2cn[nH]c2)CC(C)(C)C1. The first kappa shape index (κ1) is 10.5. The van der Waals surface area contributed by atoms with E-state index in [1.165, 1.54) is 19.3 Å². The highest BCUT2D eigenvalue weighted by Gasteiger charge is 2.31. The molecule has 1 aromatic rings. The minimum Gasteiger partial charge on any atom is -0.380 e. The van der Waals surface area contributed by atoms with Crippen molar-refractivity contribution in [2.45, 2.75) is 46.1 Å². The van der Waals surface area contributed by atoms with Gasteiger partial charge < -0.3 is 5.32 Å². The second-order valence-electron chi connectivity index (χ2n) is 5.74. The summed E-state index contributed by atoms with van der Waals surface area (Å²) in [7, 11) is 0. The molecule has 0 aliphatic heterocycles. The molecule has 3 heteroatoms. The molecule has 0 aromatic carbocycles. The van der Waals surface area contributed by atoms with Gasteiger partial charge in [0.05, 0.1) is 11.9 Å². The number of nitrogens with one attached hydrogen (secondary N) is 2. The monoisotopic (exact) mass is 207 g/mol. The van der Waals surface area contributed by atoms with Crippen molar-refractivity contribution in [2.24, 2.45) is 11.3 Å². The Morgan fingerprint density at radius 3 is 2.87 bits per heavy atom. The van der Waals surface area contributed by atoms with Crippen LogP contribution in [0.3, 0.4) is 0 Å². The predicted octanol–water partition coefficient (Wildman–Crippen LogP) is 3.04. The molecule has 1 saturated carbocycles. The summed E-state index contributed by atoms with van der Waals surface area (Å²) in [6, 6.07) is 0.598. The van der Waals surface area contributed by atoms with Gasteiger partial charge in [0, 0.05) is 12.2 Å². The minimum absolute atomic E-state index is 0.471. The zero-order valence-electron chi connectivity index (χ0n) is 9.88. The van der Waals surface area contributed by atoms with Gasteiger partial charge >= 0.3 is 0 Å². The second kappa shape index (κ2) is 3.87. The summed E-state index contributed by atoms with van der Waals surface area (Å²) >= 11 is 0. The van der Waals surface area contributed by atoms with Crippen molar-refractivity contribution in [1.82, 2.24) is 10.2 Å². The van der Waals surface area contributed by atoms with Crippen molar-refractivity contribution >= 4 is 5.69 Å². The van der Waals surface area contributed by atoms with E-state index < -0.39 is 0 Å². The van der Waals surface area contributed by atoms with Crippen LogP contribution in [0.15, 0.2) is 12.4 Å². The number of hydrogen-bond donors (Lipinski definition) is 2. The lowest BCUT2D eigenvalue weighted by Crippen LogP contribution is -2.35. The van der Waals surface area contributed by atoms with Crippen molar-refractivity contribution in [2.75, 3.05) is 5.32 Å². The molecule has 15 heavy (non-hydrogen) atoms. The van der Waals surface area contributed by atoms with Crippen LogP contribution in [0, 0.1) is 11.3 Å². The topological polar surface area (TPSA) is 40.7 Å². The van der Waals surface area contributed by atoms with Crippen LogP contribution in [0.5, 0.6) is 0 Å². The Hall–Kier alpha value is -0.990. The molecule has 1 aliphatic rings. The zero-order chi connectivity index (χ0) is 10.9. The average Bonchev–Trinajstić information content (AvgIpc) is 2.52. The highest BCUT2D eigenvalue weighted by molar-refractivity contribution is 5.38. The van der Waals surface area contributed by atoms with Crippen LogP contribution in [0.1, 0.15) is 40.0 Å². The van der Waals surface area contributed by atoms with Gasteiger partial charge in [-0.2, -0.15) is 5.10 Å². The van der Waals surface area contributed by atoms with E-state index in [1.807, 2.05) is 12.4 Å². The maximum absolute atomic E-state index is 3.96. The fraction of sp³-hybridized carbons (Fsp3) is 0.750. The van der Waals surface area contributed by atoms with E-state index in [2.05, 4.69) is 36.3 Å². The van der Waals surface area contributed by atoms with Gasteiger partial charge in [-0.05, 0) is 30.6 Å². The van der Waals surface area contributed by atoms with Crippen LogP contribution in [-0.2, 0) is 0 Å². The van der Waals surface area contributed by atoms with E-state index in [0.29, 0.717) is 11.5 Å². The van der Waals surface area contributed by atoms with Crippen LogP contribution in [0.2, 0.25) is 0 Å². The number of H-pyrrole nitrogens is 1. The molecular formula is C12H21N3. The number of rotatable bonds is 2. The Morgan fingerprint density at radius 2 is 2.27 bits per heavy atom. The Morgan fingerprint density at radius 1 is 1.47 bits per heavy atom. The quantitative estimate of drug-likeness (QED) is 0.782. The van der Waals surface area contributed by atoms with Crippen molar-refractivity contribution in [1.29, 1.82) is 0 Å². The maximum atomic E-state index is 3.96. The predicted molar refractivity (Wildman–Crippen MR) is 62.8 cm³/mol. The van der Waals surface area contributed by atoms with Gasteiger partial charge in [0.2, 0.25) is 0 Å². The fourth-order valence-electron chi connectivity index (χ4n) is 3.02. The summed E-state index contributed by atoms with van der Waals surface area (Å²) in [5.74, 6) is 0.818. The van der Waals surface area contributed by atoms with Gasteiger partial charge in [0.25, 0.3) is 0 Å². The summed E-state index contributed by atoms with van der Waals surface area (Å²) in [4.78, 5) is 0. The molecular weight excluding hydrogens is 186 g/mol. The first-order valence-corrected chi connectivity index (χ1v) is 5.80. The van der Waals surface area contributed by atoms with Crippen LogP contribution < -0.4 is 5.32 Å². The van der Waals surface area contributed by atoms with E-state index in [9.17, 15) is 0 Å². The number of anilines is 1. The van der Waals surface area contributed by atoms with Crippen molar-refractivity contribution < 1.29 is 0 Å². The third-order valence-corrected chi connectivity index (χ3v) is 3.26. The van der Waals surface area contributed by atoms with E-state index >= 15 is 0 Å². The number of aromatic amines is 1. The zero-order valence-corrected chi connectivity index (χ0v) is 9.88. The highest BCUT2D eigenvalue weighted by atomic mass is 15.1. The third-order valence-electron chi connectivity index (χ3n) is 3.26. The molecule has 0 amide bonds. The Balaban J connectivity index is 1.98. The van der Waals surface area contributed by atoms with Gasteiger partial charge in [-0.1, -0.05) is 20.8 Å². The second-order valence-corrected chi connectivity index (χ2v) is 5.74. The highest BCUT2D eigenvalue weighted by Crippen LogP contribution is 2.39. The molecule has 1 heterocycles. The van der Waals surface area contributed by atoms with Gasteiger partial charge in [-0.25, -0.2) is 0 Å². The van der Waals surface area contributed by atoms with E-state index in [0.717, 1.165) is 11.6 Å². The van der Waals surface area contributed by atoms with E-state index in [4.69, 9.17) is 0 Å². The molecule has 0 bridgehead atoms. The van der Waals surface area contributed by atoms with Crippen LogP contribution >= 0.6 is 0 Å². The number of hydrogen-bond acceptors (Lipinski definition) is 2. The van der Waals surface area contributed by atoms with Crippen molar-refractivity contribution in [3.63, 3.8) is 0 Å².